The van der Waals surface area contributed by atoms with Crippen molar-refractivity contribution in [3.63, 3.8) is 0 Å². The fourth-order valence-electron chi connectivity index (χ4n) is 2.80. The third kappa shape index (κ3) is 3.00. The number of amides is 1. The van der Waals surface area contributed by atoms with Crippen molar-refractivity contribution in [3.8, 4) is 10.6 Å². The van der Waals surface area contributed by atoms with E-state index in [1.165, 1.54) is 28.9 Å². The van der Waals surface area contributed by atoms with Crippen LogP contribution >= 0.6 is 11.3 Å². The van der Waals surface area contributed by atoms with E-state index < -0.39 is 0 Å². The number of thiazole rings is 1. The SMILES string of the molecule is Cc1nc(-c2c(C)c(C)nn(C)c2=O)sc1C(=O)NC(C)C1CC1. The van der Waals surface area contributed by atoms with E-state index in [0.717, 1.165) is 11.3 Å². The minimum Gasteiger partial charge on any atom is -0.349 e. The molecule has 1 fully saturated rings. The zero-order chi connectivity index (χ0) is 17.6. The second kappa shape index (κ2) is 6.12. The molecule has 128 valence electrons. The van der Waals surface area contributed by atoms with Crippen LogP contribution in [0.5, 0.6) is 0 Å². The Morgan fingerprint density at radius 1 is 1.29 bits per heavy atom. The molecule has 0 spiro atoms. The van der Waals surface area contributed by atoms with Crippen molar-refractivity contribution in [2.75, 3.05) is 0 Å². The summed E-state index contributed by atoms with van der Waals surface area (Å²) in [7, 11) is 1.63. The Balaban J connectivity index is 1.97. The molecule has 0 aliphatic heterocycles. The van der Waals surface area contributed by atoms with Gasteiger partial charge in [-0.25, -0.2) is 9.67 Å². The lowest BCUT2D eigenvalue weighted by atomic mass is 10.1. The van der Waals surface area contributed by atoms with Gasteiger partial charge in [-0.2, -0.15) is 5.10 Å². The van der Waals surface area contributed by atoms with Gasteiger partial charge in [0, 0.05) is 13.1 Å². The van der Waals surface area contributed by atoms with Gasteiger partial charge in [-0.15, -0.1) is 11.3 Å². The van der Waals surface area contributed by atoms with Crippen LogP contribution in [0.25, 0.3) is 10.6 Å². The fourth-order valence-corrected chi connectivity index (χ4v) is 3.86. The number of carbonyl (C=O) groups excluding carboxylic acids is 1. The molecule has 1 aliphatic carbocycles. The summed E-state index contributed by atoms with van der Waals surface area (Å²) in [4.78, 5) is 30.1. The number of nitrogens with zero attached hydrogens (tertiary/aromatic N) is 3. The van der Waals surface area contributed by atoms with Crippen LogP contribution in [0.15, 0.2) is 4.79 Å². The van der Waals surface area contributed by atoms with Crippen molar-refractivity contribution in [3.05, 3.63) is 32.2 Å². The molecule has 6 nitrogen and oxygen atoms in total. The smallest absolute Gasteiger partial charge is 0.277 e. The van der Waals surface area contributed by atoms with Crippen molar-refractivity contribution >= 4 is 17.2 Å². The molecular weight excluding hydrogens is 324 g/mol. The van der Waals surface area contributed by atoms with Gasteiger partial charge in [0.25, 0.3) is 11.5 Å². The van der Waals surface area contributed by atoms with Crippen LogP contribution in [0.4, 0.5) is 0 Å². The molecule has 1 saturated carbocycles. The van der Waals surface area contributed by atoms with E-state index in [1.54, 1.807) is 7.05 Å². The van der Waals surface area contributed by atoms with E-state index in [1.807, 2.05) is 27.7 Å². The molecule has 1 unspecified atom stereocenters. The number of hydrogen-bond acceptors (Lipinski definition) is 5. The third-order valence-electron chi connectivity index (χ3n) is 4.63. The molecule has 2 aromatic rings. The molecule has 2 heterocycles. The maximum atomic E-state index is 12.5. The van der Waals surface area contributed by atoms with E-state index >= 15 is 0 Å². The lowest BCUT2D eigenvalue weighted by molar-refractivity contribution is 0.0939. The molecule has 1 N–H and O–H groups in total. The number of hydrogen-bond donors (Lipinski definition) is 1. The Kier molecular flexibility index (Phi) is 4.29. The average Bonchev–Trinajstić information content (AvgIpc) is 3.29. The number of aryl methyl sites for hydroxylation is 3. The molecule has 0 saturated heterocycles. The van der Waals surface area contributed by atoms with Gasteiger partial charge < -0.3 is 5.32 Å². The normalized spacial score (nSPS) is 15.4. The van der Waals surface area contributed by atoms with Gasteiger partial charge in [0.05, 0.1) is 17.0 Å². The highest BCUT2D eigenvalue weighted by Crippen LogP contribution is 2.33. The Labute approximate surface area is 144 Å². The van der Waals surface area contributed by atoms with Crippen LogP contribution < -0.4 is 10.9 Å². The second-order valence-corrected chi connectivity index (χ2v) is 7.55. The molecule has 0 bridgehead atoms. The van der Waals surface area contributed by atoms with E-state index in [0.29, 0.717) is 27.1 Å². The lowest BCUT2D eigenvalue weighted by Gasteiger charge is -2.11. The summed E-state index contributed by atoms with van der Waals surface area (Å²) >= 11 is 1.28. The van der Waals surface area contributed by atoms with Crippen LogP contribution in [-0.4, -0.2) is 26.7 Å². The Bertz CT molecular complexity index is 864. The largest absolute Gasteiger partial charge is 0.349 e. The molecule has 2 aromatic heterocycles. The highest BCUT2D eigenvalue weighted by Gasteiger charge is 2.30. The molecule has 7 heteroatoms. The van der Waals surface area contributed by atoms with Crippen molar-refractivity contribution in [2.24, 2.45) is 13.0 Å². The second-order valence-electron chi connectivity index (χ2n) is 6.55. The lowest BCUT2D eigenvalue weighted by Crippen LogP contribution is -2.33. The van der Waals surface area contributed by atoms with Gasteiger partial charge in [-0.05, 0) is 52.0 Å². The summed E-state index contributed by atoms with van der Waals surface area (Å²) < 4.78 is 1.32. The van der Waals surface area contributed by atoms with Crippen LogP contribution in [-0.2, 0) is 7.05 Å². The third-order valence-corrected chi connectivity index (χ3v) is 5.80. The molecule has 0 aromatic carbocycles. The first-order valence-corrected chi connectivity index (χ1v) is 8.94. The first-order valence-electron chi connectivity index (χ1n) is 8.12. The quantitative estimate of drug-likeness (QED) is 0.922. The summed E-state index contributed by atoms with van der Waals surface area (Å²) in [6.07, 6.45) is 2.36. The van der Waals surface area contributed by atoms with E-state index in [4.69, 9.17) is 0 Å². The van der Waals surface area contributed by atoms with Gasteiger partial charge in [0.15, 0.2) is 0 Å². The standard InChI is InChI=1S/C17H22N4O2S/c1-8-9(2)20-21(5)17(23)13(8)16-19-11(4)14(24-16)15(22)18-10(3)12-6-7-12/h10,12H,6-7H2,1-5H3,(H,18,22). The molecule has 1 atom stereocenters. The number of rotatable bonds is 4. The van der Waals surface area contributed by atoms with Gasteiger partial charge in [-0.1, -0.05) is 0 Å². The van der Waals surface area contributed by atoms with E-state index in [-0.39, 0.29) is 17.5 Å². The zero-order valence-electron chi connectivity index (χ0n) is 14.6. The summed E-state index contributed by atoms with van der Waals surface area (Å²) in [5, 5.41) is 7.83. The Morgan fingerprint density at radius 3 is 2.58 bits per heavy atom. The van der Waals surface area contributed by atoms with E-state index in [9.17, 15) is 9.59 Å². The molecule has 3 rings (SSSR count). The molecule has 1 amide bonds. The van der Waals surface area contributed by atoms with E-state index in [2.05, 4.69) is 15.4 Å². The maximum Gasteiger partial charge on any atom is 0.277 e. The zero-order valence-corrected chi connectivity index (χ0v) is 15.5. The molecule has 0 radical (unpaired) electrons. The number of carbonyl (C=O) groups is 1. The molecule has 1 aliphatic rings. The van der Waals surface area contributed by atoms with Crippen molar-refractivity contribution in [2.45, 2.75) is 46.6 Å². The summed E-state index contributed by atoms with van der Waals surface area (Å²) in [5.41, 5.74) is 2.60. The highest BCUT2D eigenvalue weighted by atomic mass is 32.1. The number of aromatic nitrogens is 3. The van der Waals surface area contributed by atoms with Crippen molar-refractivity contribution in [1.82, 2.24) is 20.1 Å². The summed E-state index contributed by atoms with van der Waals surface area (Å²) in [5.74, 6) is 0.495. The van der Waals surface area contributed by atoms with Crippen LogP contribution in [0.3, 0.4) is 0 Å². The molecular formula is C17H22N4O2S. The summed E-state index contributed by atoms with van der Waals surface area (Å²) in [6, 6.07) is 0.181. The first-order chi connectivity index (χ1) is 11.3. The van der Waals surface area contributed by atoms with Crippen LogP contribution in [0.2, 0.25) is 0 Å². The average molecular weight is 346 g/mol. The predicted octanol–water partition coefficient (Wildman–Crippen LogP) is 2.36. The Morgan fingerprint density at radius 2 is 1.96 bits per heavy atom. The van der Waals surface area contributed by atoms with Crippen molar-refractivity contribution in [1.29, 1.82) is 0 Å². The first kappa shape index (κ1) is 16.8. The van der Waals surface area contributed by atoms with Crippen LogP contribution in [0.1, 0.15) is 46.4 Å². The van der Waals surface area contributed by atoms with Gasteiger partial charge >= 0.3 is 0 Å². The summed E-state index contributed by atoms with van der Waals surface area (Å²) in [6.45, 7) is 7.58. The minimum atomic E-state index is -0.190. The number of nitrogens with one attached hydrogen (secondary N) is 1. The minimum absolute atomic E-state index is 0.101. The molecule has 24 heavy (non-hydrogen) atoms. The van der Waals surface area contributed by atoms with Crippen LogP contribution in [0, 0.1) is 26.7 Å². The highest BCUT2D eigenvalue weighted by molar-refractivity contribution is 7.17. The fraction of sp³-hybridized carbons (Fsp3) is 0.529. The Hall–Kier alpha value is -2.02. The topological polar surface area (TPSA) is 76.9 Å². The van der Waals surface area contributed by atoms with Gasteiger partial charge in [0.2, 0.25) is 0 Å². The van der Waals surface area contributed by atoms with Gasteiger partial charge in [0.1, 0.15) is 9.88 Å². The predicted molar refractivity (Wildman–Crippen MR) is 94.4 cm³/mol. The maximum absolute atomic E-state index is 12.5. The monoisotopic (exact) mass is 346 g/mol. The van der Waals surface area contributed by atoms with Crippen molar-refractivity contribution < 1.29 is 4.79 Å². The van der Waals surface area contributed by atoms with Gasteiger partial charge in [-0.3, -0.25) is 9.59 Å².